The predicted molar refractivity (Wildman–Crippen MR) is 66.7 cm³/mol. The molecule has 1 saturated heterocycles. The quantitative estimate of drug-likeness (QED) is 0.882. The van der Waals surface area contributed by atoms with E-state index in [1.807, 2.05) is 0 Å². The molecular weight excluding hydrogens is 246 g/mol. The maximum atomic E-state index is 5.34. The molecule has 3 rings (SSSR count). The lowest BCUT2D eigenvalue weighted by atomic mass is 9.98. The Balaban J connectivity index is 1.83. The van der Waals surface area contributed by atoms with Crippen LogP contribution >= 0.6 is 0 Å². The molecule has 0 aliphatic carbocycles. The van der Waals surface area contributed by atoms with E-state index in [9.17, 15) is 0 Å². The maximum absolute atomic E-state index is 5.34. The van der Waals surface area contributed by atoms with Crippen LogP contribution in [-0.4, -0.2) is 40.3 Å². The van der Waals surface area contributed by atoms with Crippen LogP contribution in [0, 0.1) is 0 Å². The third-order valence-electron chi connectivity index (χ3n) is 3.21. The number of aromatic nitrogens is 4. The Morgan fingerprint density at radius 2 is 2.16 bits per heavy atom. The molecule has 19 heavy (non-hydrogen) atoms. The molecule has 2 aromatic rings. The van der Waals surface area contributed by atoms with Gasteiger partial charge in [-0.1, -0.05) is 5.16 Å². The minimum Gasteiger partial charge on any atom is -0.481 e. The Hall–Kier alpha value is -2.02. The molecule has 100 valence electrons. The molecule has 0 amide bonds. The Labute approximate surface area is 110 Å². The van der Waals surface area contributed by atoms with Crippen LogP contribution in [0.15, 0.2) is 16.9 Å². The molecule has 0 atom stereocenters. The molecule has 1 aliphatic heterocycles. The normalized spacial score (nSPS) is 16.5. The summed E-state index contributed by atoms with van der Waals surface area (Å²) in [7, 11) is 1.56. The van der Waals surface area contributed by atoms with Crippen molar-refractivity contribution in [3.05, 3.63) is 18.3 Å². The van der Waals surface area contributed by atoms with Crippen LogP contribution in [0.2, 0.25) is 0 Å². The zero-order valence-corrected chi connectivity index (χ0v) is 10.7. The number of nitrogens with one attached hydrogen (secondary N) is 1. The Bertz CT molecular complexity index is 551. The zero-order chi connectivity index (χ0) is 13.1. The first-order valence-corrected chi connectivity index (χ1v) is 6.27. The number of hydrogen-bond donors (Lipinski definition) is 1. The molecule has 7 nitrogen and oxygen atoms in total. The van der Waals surface area contributed by atoms with Crippen molar-refractivity contribution >= 4 is 0 Å². The van der Waals surface area contributed by atoms with Crippen molar-refractivity contribution in [2.24, 2.45) is 0 Å². The molecule has 0 saturated carbocycles. The average Bonchev–Trinajstić information content (AvgIpc) is 2.98. The van der Waals surface area contributed by atoms with Gasteiger partial charge in [0.25, 0.3) is 0 Å². The van der Waals surface area contributed by atoms with Gasteiger partial charge in [-0.2, -0.15) is 4.98 Å². The fraction of sp³-hybridized carbons (Fsp3) is 0.500. The lowest BCUT2D eigenvalue weighted by Gasteiger charge is -2.18. The van der Waals surface area contributed by atoms with E-state index in [1.165, 1.54) is 6.33 Å². The third kappa shape index (κ3) is 2.55. The lowest BCUT2D eigenvalue weighted by molar-refractivity contribution is 0.320. The number of hydrogen-bond acceptors (Lipinski definition) is 7. The van der Waals surface area contributed by atoms with Crippen LogP contribution in [0.5, 0.6) is 5.88 Å². The standard InChI is InChI=1S/C12H15N5O2/c1-18-10-6-9(14-7-15-10)11-16-12(19-17-11)8-2-4-13-5-3-8/h6-8,13H,2-5H2,1H3. The van der Waals surface area contributed by atoms with Crippen molar-refractivity contribution in [2.75, 3.05) is 20.2 Å². The molecule has 0 bridgehead atoms. The highest BCUT2D eigenvalue weighted by molar-refractivity contribution is 5.49. The highest BCUT2D eigenvalue weighted by Gasteiger charge is 2.22. The van der Waals surface area contributed by atoms with Gasteiger partial charge in [-0.25, -0.2) is 9.97 Å². The van der Waals surface area contributed by atoms with Gasteiger partial charge in [0.05, 0.1) is 7.11 Å². The molecular formula is C12H15N5O2. The van der Waals surface area contributed by atoms with Crippen LogP contribution < -0.4 is 10.1 Å². The summed E-state index contributed by atoms with van der Waals surface area (Å²) in [5.41, 5.74) is 0.607. The van der Waals surface area contributed by atoms with Crippen LogP contribution in [0.25, 0.3) is 11.5 Å². The zero-order valence-electron chi connectivity index (χ0n) is 10.7. The van der Waals surface area contributed by atoms with Gasteiger partial charge >= 0.3 is 0 Å². The summed E-state index contributed by atoms with van der Waals surface area (Å²) in [4.78, 5) is 12.5. The van der Waals surface area contributed by atoms with Gasteiger partial charge in [0.2, 0.25) is 17.6 Å². The van der Waals surface area contributed by atoms with Crippen LogP contribution in [0.4, 0.5) is 0 Å². The van der Waals surface area contributed by atoms with Crippen molar-refractivity contribution in [1.29, 1.82) is 0 Å². The predicted octanol–water partition coefficient (Wildman–Crippen LogP) is 1.00. The van der Waals surface area contributed by atoms with Gasteiger partial charge in [0, 0.05) is 12.0 Å². The molecule has 1 aliphatic rings. The summed E-state index contributed by atoms with van der Waals surface area (Å²) in [6.45, 7) is 1.98. The van der Waals surface area contributed by atoms with Crippen LogP contribution in [0.1, 0.15) is 24.7 Å². The Morgan fingerprint density at radius 3 is 2.95 bits per heavy atom. The van der Waals surface area contributed by atoms with Gasteiger partial charge in [-0.15, -0.1) is 0 Å². The molecule has 0 spiro atoms. The second kappa shape index (κ2) is 5.31. The Kier molecular flexibility index (Phi) is 3.37. The van der Waals surface area contributed by atoms with Gasteiger partial charge in [0.1, 0.15) is 12.0 Å². The van der Waals surface area contributed by atoms with Gasteiger partial charge in [0.15, 0.2) is 0 Å². The van der Waals surface area contributed by atoms with Crippen molar-refractivity contribution in [3.8, 4) is 17.4 Å². The summed E-state index contributed by atoms with van der Waals surface area (Å²) in [5.74, 6) is 1.99. The maximum Gasteiger partial charge on any atom is 0.230 e. The van der Waals surface area contributed by atoms with Crippen molar-refractivity contribution in [1.82, 2.24) is 25.4 Å². The minimum atomic E-state index is 0.339. The molecule has 3 heterocycles. The van der Waals surface area contributed by atoms with Crippen LogP contribution in [-0.2, 0) is 0 Å². The first-order valence-electron chi connectivity index (χ1n) is 6.27. The average molecular weight is 261 g/mol. The smallest absolute Gasteiger partial charge is 0.230 e. The number of rotatable bonds is 3. The van der Waals surface area contributed by atoms with Gasteiger partial charge in [-0.3, -0.25) is 0 Å². The van der Waals surface area contributed by atoms with E-state index in [0.717, 1.165) is 25.9 Å². The number of piperidine rings is 1. The fourth-order valence-corrected chi connectivity index (χ4v) is 2.15. The van der Waals surface area contributed by atoms with Crippen molar-refractivity contribution < 1.29 is 9.26 Å². The molecule has 0 aromatic carbocycles. The highest BCUT2D eigenvalue weighted by atomic mass is 16.5. The van der Waals surface area contributed by atoms with E-state index in [1.54, 1.807) is 13.2 Å². The van der Waals surface area contributed by atoms with Crippen molar-refractivity contribution in [3.63, 3.8) is 0 Å². The van der Waals surface area contributed by atoms with E-state index in [-0.39, 0.29) is 0 Å². The number of methoxy groups -OCH3 is 1. The SMILES string of the molecule is COc1cc(-c2noc(C3CCNCC3)n2)ncn1. The van der Waals surface area contributed by atoms with Crippen LogP contribution in [0.3, 0.4) is 0 Å². The highest BCUT2D eigenvalue weighted by Crippen LogP contribution is 2.25. The molecule has 1 N–H and O–H groups in total. The largest absolute Gasteiger partial charge is 0.481 e. The molecule has 7 heteroatoms. The fourth-order valence-electron chi connectivity index (χ4n) is 2.15. The topological polar surface area (TPSA) is 86.0 Å². The molecule has 1 fully saturated rings. The summed E-state index contributed by atoms with van der Waals surface area (Å²) >= 11 is 0. The molecule has 0 radical (unpaired) electrons. The third-order valence-corrected chi connectivity index (χ3v) is 3.21. The van der Waals surface area contributed by atoms with E-state index in [4.69, 9.17) is 9.26 Å². The van der Waals surface area contributed by atoms with E-state index in [2.05, 4.69) is 25.4 Å². The monoisotopic (exact) mass is 261 g/mol. The molecule has 0 unspecified atom stereocenters. The second-order valence-corrected chi connectivity index (χ2v) is 4.43. The van der Waals surface area contributed by atoms with Gasteiger partial charge in [-0.05, 0) is 25.9 Å². The second-order valence-electron chi connectivity index (χ2n) is 4.43. The van der Waals surface area contributed by atoms with Gasteiger partial charge < -0.3 is 14.6 Å². The summed E-state index contributed by atoms with van der Waals surface area (Å²) in [6.07, 6.45) is 3.47. The number of ether oxygens (including phenoxy) is 1. The summed E-state index contributed by atoms with van der Waals surface area (Å²) in [6, 6.07) is 1.69. The van der Waals surface area contributed by atoms with E-state index in [0.29, 0.717) is 29.2 Å². The van der Waals surface area contributed by atoms with E-state index >= 15 is 0 Å². The number of nitrogens with zero attached hydrogens (tertiary/aromatic N) is 4. The lowest BCUT2D eigenvalue weighted by Crippen LogP contribution is -2.26. The van der Waals surface area contributed by atoms with E-state index < -0.39 is 0 Å². The summed E-state index contributed by atoms with van der Waals surface area (Å²) in [5, 5.41) is 7.30. The molecule has 2 aromatic heterocycles. The Morgan fingerprint density at radius 1 is 1.32 bits per heavy atom. The first-order chi connectivity index (χ1) is 9.36. The summed E-state index contributed by atoms with van der Waals surface area (Å²) < 4.78 is 10.4. The first kappa shape index (κ1) is 12.0. The van der Waals surface area contributed by atoms with Crippen molar-refractivity contribution in [2.45, 2.75) is 18.8 Å². The minimum absolute atomic E-state index is 0.339.